The van der Waals surface area contributed by atoms with Crippen molar-refractivity contribution in [2.24, 2.45) is 0 Å². The van der Waals surface area contributed by atoms with Crippen LogP contribution in [-0.4, -0.2) is 27.4 Å². The predicted octanol–water partition coefficient (Wildman–Crippen LogP) is 1.91. The van der Waals surface area contributed by atoms with Crippen LogP contribution in [0, 0.1) is 0 Å². The molecule has 10 heteroatoms. The fourth-order valence-corrected chi connectivity index (χ4v) is 2.68. The van der Waals surface area contributed by atoms with E-state index in [1.165, 1.54) is 16.4 Å². The van der Waals surface area contributed by atoms with Crippen LogP contribution in [0.3, 0.4) is 0 Å². The van der Waals surface area contributed by atoms with Gasteiger partial charge in [-0.25, -0.2) is 19.4 Å². The topological polar surface area (TPSA) is 121 Å². The quantitative estimate of drug-likeness (QED) is 0.639. The summed E-state index contributed by atoms with van der Waals surface area (Å²) in [7, 11) is -4.62. The van der Waals surface area contributed by atoms with Crippen LogP contribution in [0.2, 0.25) is 0 Å². The van der Waals surface area contributed by atoms with Gasteiger partial charge in [0, 0.05) is 0 Å². The van der Waals surface area contributed by atoms with Gasteiger partial charge in [0.25, 0.3) is 0 Å². The molecule has 1 aromatic heterocycles. The molecule has 0 radical (unpaired) electrons. The van der Waals surface area contributed by atoms with E-state index in [9.17, 15) is 9.36 Å². The van der Waals surface area contributed by atoms with Crippen molar-refractivity contribution >= 4 is 40.5 Å². The Morgan fingerprint density at radius 1 is 1.50 bits per heavy atom. The zero-order valence-corrected chi connectivity index (χ0v) is 12.1. The fourth-order valence-electron chi connectivity index (χ4n) is 1.47. The average Bonchev–Trinajstić information content (AvgIpc) is 2.67. The van der Waals surface area contributed by atoms with E-state index >= 15 is 0 Å². The molecule has 0 aliphatic heterocycles. The summed E-state index contributed by atoms with van der Waals surface area (Å²) in [4.78, 5) is 32.6. The third-order valence-electron chi connectivity index (χ3n) is 2.14. The van der Waals surface area contributed by atoms with Crippen molar-refractivity contribution in [1.82, 2.24) is 10.1 Å². The lowest BCUT2D eigenvalue weighted by molar-refractivity contribution is 0.253. The molecule has 4 N–H and O–H groups in total. The third-order valence-corrected chi connectivity index (χ3v) is 3.57. The van der Waals surface area contributed by atoms with Gasteiger partial charge in [0.1, 0.15) is 5.75 Å². The Hall–Kier alpha value is -1.67. The van der Waals surface area contributed by atoms with Gasteiger partial charge in [-0.2, -0.15) is 0 Å². The molecule has 2 aromatic rings. The number of amides is 2. The second-order valence-electron chi connectivity index (χ2n) is 3.69. The number of carbonyl (C=O) groups is 1. The van der Waals surface area contributed by atoms with Gasteiger partial charge in [0.2, 0.25) is 0 Å². The molecule has 8 nitrogen and oxygen atoms in total. The number of thiazole rings is 1. The Morgan fingerprint density at radius 2 is 2.25 bits per heavy atom. The highest BCUT2D eigenvalue weighted by Gasteiger charge is 2.18. The second kappa shape index (κ2) is 5.76. The number of carbonyl (C=O) groups excluding carboxylic acids is 1. The number of hydrogen-bond acceptors (Lipinski definition) is 5. The Bertz CT molecular complexity index is 683. The number of urea groups is 1. The molecule has 0 fully saturated rings. The first-order valence-electron chi connectivity index (χ1n) is 5.55. The summed E-state index contributed by atoms with van der Waals surface area (Å²) in [6.45, 7) is 2.41. The molecule has 108 valence electrons. The van der Waals surface area contributed by atoms with Gasteiger partial charge in [0.05, 0.1) is 16.8 Å². The van der Waals surface area contributed by atoms with Gasteiger partial charge in [-0.15, -0.1) is 0 Å². The van der Waals surface area contributed by atoms with Crippen LogP contribution in [0.5, 0.6) is 5.75 Å². The van der Waals surface area contributed by atoms with Crippen LogP contribution in [0.4, 0.5) is 9.93 Å². The van der Waals surface area contributed by atoms with Crippen molar-refractivity contribution in [1.29, 1.82) is 0 Å². The molecule has 0 atom stereocenters. The van der Waals surface area contributed by atoms with Gasteiger partial charge in [-0.1, -0.05) is 11.3 Å². The minimum atomic E-state index is -4.62. The predicted molar refractivity (Wildman–Crippen MR) is 75.0 cm³/mol. The normalized spacial score (nSPS) is 11.3. The average molecular weight is 317 g/mol. The van der Waals surface area contributed by atoms with Crippen LogP contribution in [-0.2, 0) is 4.57 Å². The molecule has 0 aliphatic carbocycles. The summed E-state index contributed by atoms with van der Waals surface area (Å²) in [5, 5.41) is 4.00. The van der Waals surface area contributed by atoms with Crippen molar-refractivity contribution in [3.05, 3.63) is 18.2 Å². The molecule has 1 heterocycles. The summed E-state index contributed by atoms with van der Waals surface area (Å²) in [6.07, 6.45) is 0. The first-order chi connectivity index (χ1) is 9.37. The number of benzene rings is 1. The number of nitrogens with one attached hydrogen (secondary N) is 2. The first kappa shape index (κ1) is 14.7. The SMILES string of the molecule is CCOc1ccc2nc(NC(=O)NP(=O)(O)O)sc2c1. The van der Waals surface area contributed by atoms with Gasteiger partial charge in [0.15, 0.2) is 5.13 Å². The van der Waals surface area contributed by atoms with Crippen molar-refractivity contribution in [2.75, 3.05) is 11.9 Å². The zero-order chi connectivity index (χ0) is 14.8. The van der Waals surface area contributed by atoms with E-state index in [4.69, 9.17) is 14.5 Å². The molecule has 0 spiro atoms. The monoisotopic (exact) mass is 317 g/mol. The van der Waals surface area contributed by atoms with Crippen molar-refractivity contribution in [2.45, 2.75) is 6.92 Å². The Balaban J connectivity index is 2.15. The summed E-state index contributed by atoms with van der Waals surface area (Å²) >= 11 is 1.18. The van der Waals surface area contributed by atoms with Crippen molar-refractivity contribution in [3.63, 3.8) is 0 Å². The number of rotatable bonds is 4. The van der Waals surface area contributed by atoms with Gasteiger partial charge in [-0.3, -0.25) is 5.32 Å². The summed E-state index contributed by atoms with van der Waals surface area (Å²) in [5.41, 5.74) is 0.657. The maximum absolute atomic E-state index is 11.3. The fraction of sp³-hybridized carbons (Fsp3) is 0.200. The van der Waals surface area contributed by atoms with E-state index in [2.05, 4.69) is 10.3 Å². The third kappa shape index (κ3) is 3.91. The highest BCUT2D eigenvalue weighted by Crippen LogP contribution is 2.31. The summed E-state index contributed by atoms with van der Waals surface area (Å²) in [6, 6.07) is 4.26. The molecule has 1 aromatic carbocycles. The van der Waals surface area contributed by atoms with Gasteiger partial charge in [-0.05, 0) is 25.1 Å². The molecule has 2 rings (SSSR count). The highest BCUT2D eigenvalue weighted by atomic mass is 32.1. The van der Waals surface area contributed by atoms with E-state index in [0.717, 1.165) is 4.70 Å². The molecule has 0 aliphatic rings. The number of ether oxygens (including phenoxy) is 1. The Labute approximate surface area is 118 Å². The molecular weight excluding hydrogens is 305 g/mol. The van der Waals surface area contributed by atoms with Gasteiger partial charge >= 0.3 is 13.8 Å². The standard InChI is InChI=1S/C10H12N3O5PS/c1-2-18-6-3-4-7-8(5-6)20-10(11-7)12-9(14)13-19(15,16)17/h3-5H,2H2,1H3,(H4,11,12,13,14,15,16,17). The van der Waals surface area contributed by atoms with Crippen LogP contribution >= 0.6 is 19.1 Å². The lowest BCUT2D eigenvalue weighted by Gasteiger charge is -2.05. The van der Waals surface area contributed by atoms with E-state index in [-0.39, 0.29) is 5.13 Å². The number of anilines is 1. The maximum atomic E-state index is 11.3. The molecule has 0 saturated heterocycles. The lowest BCUT2D eigenvalue weighted by atomic mass is 10.3. The molecule has 2 amide bonds. The number of aromatic nitrogens is 1. The molecule has 0 bridgehead atoms. The Morgan fingerprint density at radius 3 is 2.90 bits per heavy atom. The lowest BCUT2D eigenvalue weighted by Crippen LogP contribution is -2.25. The van der Waals surface area contributed by atoms with E-state index in [1.54, 1.807) is 18.2 Å². The molecule has 0 saturated carbocycles. The van der Waals surface area contributed by atoms with Crippen molar-refractivity contribution < 1.29 is 23.9 Å². The number of hydrogen-bond donors (Lipinski definition) is 4. The summed E-state index contributed by atoms with van der Waals surface area (Å²) < 4.78 is 16.7. The van der Waals surface area contributed by atoms with Crippen LogP contribution in [0.25, 0.3) is 10.2 Å². The molecular formula is C10H12N3O5PS. The highest BCUT2D eigenvalue weighted by molar-refractivity contribution is 7.50. The maximum Gasteiger partial charge on any atom is 0.431 e. The number of fused-ring (bicyclic) bond motifs is 1. The van der Waals surface area contributed by atoms with Crippen LogP contribution < -0.4 is 15.1 Å². The van der Waals surface area contributed by atoms with Crippen molar-refractivity contribution in [3.8, 4) is 5.75 Å². The Kier molecular flexibility index (Phi) is 4.24. The largest absolute Gasteiger partial charge is 0.494 e. The molecule has 20 heavy (non-hydrogen) atoms. The molecule has 0 unspecified atom stereocenters. The summed E-state index contributed by atoms with van der Waals surface area (Å²) in [5.74, 6) is 0.690. The minimum Gasteiger partial charge on any atom is -0.494 e. The smallest absolute Gasteiger partial charge is 0.431 e. The van der Waals surface area contributed by atoms with Crippen LogP contribution in [0.15, 0.2) is 18.2 Å². The van der Waals surface area contributed by atoms with E-state index in [1.807, 2.05) is 6.92 Å². The second-order valence-corrected chi connectivity index (χ2v) is 6.03. The van der Waals surface area contributed by atoms with E-state index < -0.39 is 13.8 Å². The number of nitrogens with zero attached hydrogens (tertiary/aromatic N) is 1. The first-order valence-corrected chi connectivity index (χ1v) is 7.98. The van der Waals surface area contributed by atoms with Crippen LogP contribution in [0.1, 0.15) is 6.92 Å². The zero-order valence-electron chi connectivity index (χ0n) is 10.4. The van der Waals surface area contributed by atoms with Gasteiger partial charge < -0.3 is 14.5 Å². The minimum absolute atomic E-state index is 0.236. The van der Waals surface area contributed by atoms with E-state index in [0.29, 0.717) is 17.9 Å².